The average Bonchev–Trinajstić information content (AvgIpc) is 3.13. The van der Waals surface area contributed by atoms with Crippen LogP contribution in [0.2, 0.25) is 5.02 Å². The van der Waals surface area contributed by atoms with Gasteiger partial charge in [-0.05, 0) is 62.2 Å². The monoisotopic (exact) mass is 462 g/mol. The number of fused-ring (bicyclic) bond motifs is 1. The molecule has 1 aromatic heterocycles. The quantitative estimate of drug-likeness (QED) is 0.495. The second-order valence-electron chi connectivity index (χ2n) is 8.12. The van der Waals surface area contributed by atoms with E-state index in [0.29, 0.717) is 32.9 Å². The number of amides is 2. The second kappa shape index (κ2) is 9.58. The van der Waals surface area contributed by atoms with Crippen molar-refractivity contribution < 1.29 is 28.2 Å². The number of hydrogen-bond donors (Lipinski definition) is 3. The number of ether oxygens (including phenoxy) is 1. The summed E-state index contributed by atoms with van der Waals surface area (Å²) in [4.78, 5) is 24.0. The minimum absolute atomic E-state index is 0.0232. The summed E-state index contributed by atoms with van der Waals surface area (Å²) in [7, 11) is 0. The molecule has 2 aromatic carbocycles. The van der Waals surface area contributed by atoms with Crippen LogP contribution in [0.1, 0.15) is 36.9 Å². The molecule has 0 radical (unpaired) electrons. The van der Waals surface area contributed by atoms with Crippen molar-refractivity contribution in [1.29, 1.82) is 0 Å². The first kappa shape index (κ1) is 23.6. The Morgan fingerprint density at radius 3 is 2.56 bits per heavy atom. The van der Waals surface area contributed by atoms with Gasteiger partial charge in [0.05, 0.1) is 23.7 Å². The molecule has 0 saturated heterocycles. The molecule has 0 bridgehead atoms. The number of alkyl carbamates (subject to hydrolysis) is 1. The SMILES string of the molecule is CC(C)(C)OC(=O)NCc1cc2cc(-c3ccc(F)c(C(=O)NCCO)c3)cc(Cl)c2o1. The number of halogens is 2. The lowest BCUT2D eigenvalue weighted by molar-refractivity contribution is 0.0520. The van der Waals surface area contributed by atoms with Gasteiger partial charge in [0, 0.05) is 11.9 Å². The first-order valence-corrected chi connectivity index (χ1v) is 10.3. The normalized spacial score (nSPS) is 11.4. The number of carbonyl (C=O) groups excluding carboxylic acids is 2. The molecule has 1 heterocycles. The van der Waals surface area contributed by atoms with Gasteiger partial charge in [-0.25, -0.2) is 9.18 Å². The highest BCUT2D eigenvalue weighted by atomic mass is 35.5. The standard InChI is InChI=1S/C23H24ClFN2O5/c1-23(2,3)32-22(30)27-12-16-9-15-8-14(11-18(24)20(15)31-16)13-4-5-19(25)17(10-13)21(29)26-6-7-28/h4-5,8-11,28H,6-7,12H2,1-3H3,(H,26,29)(H,27,30). The number of aliphatic hydroxyl groups excluding tert-OH is 1. The van der Waals surface area contributed by atoms with Gasteiger partial charge in [-0.1, -0.05) is 17.7 Å². The number of rotatable bonds is 6. The Morgan fingerprint density at radius 1 is 1.12 bits per heavy atom. The van der Waals surface area contributed by atoms with Crippen LogP contribution in [0.4, 0.5) is 9.18 Å². The molecule has 3 N–H and O–H groups in total. The van der Waals surface area contributed by atoms with Crippen molar-refractivity contribution in [3.05, 3.63) is 58.6 Å². The van der Waals surface area contributed by atoms with Crippen LogP contribution in [0.3, 0.4) is 0 Å². The lowest BCUT2D eigenvalue weighted by Gasteiger charge is -2.19. The van der Waals surface area contributed by atoms with Crippen molar-refractivity contribution in [3.63, 3.8) is 0 Å². The fraction of sp³-hybridized carbons (Fsp3) is 0.304. The van der Waals surface area contributed by atoms with Crippen molar-refractivity contribution in [2.75, 3.05) is 13.2 Å². The minimum atomic E-state index is -0.671. The van der Waals surface area contributed by atoms with Crippen molar-refractivity contribution >= 4 is 34.6 Å². The molecular formula is C23H24ClFN2O5. The first-order valence-electron chi connectivity index (χ1n) is 9.95. The number of benzene rings is 2. The molecule has 0 aliphatic carbocycles. The minimum Gasteiger partial charge on any atom is -0.458 e. The molecule has 9 heteroatoms. The summed E-state index contributed by atoms with van der Waals surface area (Å²) in [6.07, 6.45) is -0.567. The molecule has 7 nitrogen and oxygen atoms in total. The molecule has 0 atom stereocenters. The molecule has 0 saturated carbocycles. The Balaban J connectivity index is 1.85. The molecule has 3 aromatic rings. The van der Waals surface area contributed by atoms with Crippen molar-refractivity contribution in [3.8, 4) is 11.1 Å². The lowest BCUT2D eigenvalue weighted by atomic mass is 10.0. The maximum Gasteiger partial charge on any atom is 0.408 e. The second-order valence-corrected chi connectivity index (χ2v) is 8.53. The Hall–Kier alpha value is -3.10. The van der Waals surface area contributed by atoms with Gasteiger partial charge in [0.25, 0.3) is 5.91 Å². The smallest absolute Gasteiger partial charge is 0.408 e. The zero-order valence-corrected chi connectivity index (χ0v) is 18.7. The van der Waals surface area contributed by atoms with Gasteiger partial charge in [0.1, 0.15) is 17.2 Å². The zero-order chi connectivity index (χ0) is 23.5. The van der Waals surface area contributed by atoms with E-state index in [2.05, 4.69) is 10.6 Å². The topological polar surface area (TPSA) is 101 Å². The number of furan rings is 1. The largest absolute Gasteiger partial charge is 0.458 e. The van der Waals surface area contributed by atoms with E-state index in [4.69, 9.17) is 25.9 Å². The number of aliphatic hydroxyl groups is 1. The van der Waals surface area contributed by atoms with Crippen LogP contribution in [0.25, 0.3) is 22.1 Å². The average molecular weight is 463 g/mol. The highest BCUT2D eigenvalue weighted by Gasteiger charge is 2.18. The van der Waals surface area contributed by atoms with Crippen LogP contribution in [-0.4, -0.2) is 35.9 Å². The summed E-state index contributed by atoms with van der Waals surface area (Å²) in [5.74, 6) is -0.812. The van der Waals surface area contributed by atoms with E-state index < -0.39 is 23.4 Å². The highest BCUT2D eigenvalue weighted by molar-refractivity contribution is 6.35. The van der Waals surface area contributed by atoms with Crippen molar-refractivity contribution in [2.45, 2.75) is 32.9 Å². The predicted octanol–water partition coefficient (Wildman–Crippen LogP) is 4.64. The zero-order valence-electron chi connectivity index (χ0n) is 17.9. The van der Waals surface area contributed by atoms with Crippen molar-refractivity contribution in [1.82, 2.24) is 10.6 Å². The first-order chi connectivity index (χ1) is 15.1. The lowest BCUT2D eigenvalue weighted by Crippen LogP contribution is -2.32. The maximum atomic E-state index is 14.1. The third-order valence-electron chi connectivity index (χ3n) is 4.37. The molecule has 0 aliphatic heterocycles. The molecule has 170 valence electrons. The fourth-order valence-electron chi connectivity index (χ4n) is 3.03. The Labute approximate surface area is 189 Å². The Morgan fingerprint density at radius 2 is 1.88 bits per heavy atom. The Kier molecular flexibility index (Phi) is 7.06. The third-order valence-corrected chi connectivity index (χ3v) is 4.65. The van der Waals surface area contributed by atoms with Gasteiger partial charge in [-0.15, -0.1) is 0 Å². The van der Waals surface area contributed by atoms with E-state index in [9.17, 15) is 14.0 Å². The van der Waals surface area contributed by atoms with Gasteiger partial charge in [0.2, 0.25) is 0 Å². The predicted molar refractivity (Wildman–Crippen MR) is 119 cm³/mol. The fourth-order valence-corrected chi connectivity index (χ4v) is 3.30. The Bertz CT molecular complexity index is 1150. The van der Waals surface area contributed by atoms with Gasteiger partial charge in [0.15, 0.2) is 5.58 Å². The van der Waals surface area contributed by atoms with E-state index in [1.54, 1.807) is 45.0 Å². The summed E-state index contributed by atoms with van der Waals surface area (Å²) >= 11 is 6.39. The van der Waals surface area contributed by atoms with Crippen LogP contribution in [0.15, 0.2) is 40.8 Å². The van der Waals surface area contributed by atoms with Crippen LogP contribution in [0.5, 0.6) is 0 Å². The van der Waals surface area contributed by atoms with Crippen LogP contribution >= 0.6 is 11.6 Å². The van der Waals surface area contributed by atoms with E-state index in [0.717, 1.165) is 0 Å². The van der Waals surface area contributed by atoms with Crippen LogP contribution in [-0.2, 0) is 11.3 Å². The van der Waals surface area contributed by atoms with E-state index >= 15 is 0 Å². The number of carbonyl (C=O) groups is 2. The summed E-state index contributed by atoms with van der Waals surface area (Å²) in [5.41, 5.74) is 0.935. The molecule has 0 aliphatic rings. The van der Waals surface area contributed by atoms with E-state index in [-0.39, 0.29) is 25.3 Å². The number of nitrogens with one attached hydrogen (secondary N) is 2. The molecule has 0 spiro atoms. The molecule has 0 fully saturated rings. The summed E-state index contributed by atoms with van der Waals surface area (Å²) < 4.78 is 25.1. The highest BCUT2D eigenvalue weighted by Crippen LogP contribution is 2.33. The summed E-state index contributed by atoms with van der Waals surface area (Å²) in [5, 5.41) is 14.9. The molecule has 2 amide bonds. The summed E-state index contributed by atoms with van der Waals surface area (Å²) in [6, 6.07) is 9.35. The van der Waals surface area contributed by atoms with Gasteiger partial charge >= 0.3 is 6.09 Å². The van der Waals surface area contributed by atoms with E-state index in [1.165, 1.54) is 12.1 Å². The molecule has 0 unspecified atom stereocenters. The van der Waals surface area contributed by atoms with Gasteiger partial charge < -0.3 is 24.9 Å². The van der Waals surface area contributed by atoms with E-state index in [1.807, 2.05) is 0 Å². The van der Waals surface area contributed by atoms with Crippen LogP contribution in [0, 0.1) is 5.82 Å². The van der Waals surface area contributed by atoms with Gasteiger partial charge in [-0.3, -0.25) is 4.79 Å². The molecule has 32 heavy (non-hydrogen) atoms. The van der Waals surface area contributed by atoms with Crippen LogP contribution < -0.4 is 10.6 Å². The van der Waals surface area contributed by atoms with Crippen molar-refractivity contribution in [2.24, 2.45) is 0 Å². The maximum absolute atomic E-state index is 14.1. The summed E-state index contributed by atoms with van der Waals surface area (Å²) in [6.45, 7) is 5.20. The molecule has 3 rings (SSSR count). The molecular weight excluding hydrogens is 439 g/mol. The number of hydrogen-bond acceptors (Lipinski definition) is 5. The van der Waals surface area contributed by atoms with Gasteiger partial charge in [-0.2, -0.15) is 0 Å². The third kappa shape index (κ3) is 5.77.